The number of allylic oxidation sites excluding steroid dienone is 2. The predicted octanol–water partition coefficient (Wildman–Crippen LogP) is 22.4. The molecule has 0 heterocycles. The van der Waals surface area contributed by atoms with E-state index in [-0.39, 0.29) is 11.6 Å². The van der Waals surface area contributed by atoms with Crippen molar-refractivity contribution in [2.24, 2.45) is 0 Å². The van der Waals surface area contributed by atoms with Crippen LogP contribution in [0.2, 0.25) is 0 Å². The normalized spacial score (nSPS) is 13.9. The van der Waals surface area contributed by atoms with E-state index in [9.17, 15) is 9.59 Å². The highest BCUT2D eigenvalue weighted by Crippen LogP contribution is 2.41. The SMILES string of the molecule is CCCCCCCCOc1cc2c(cc1OCCCCCCCC)C(=O)/C(=C\Nc1cc(OCCCCCCCC)c(OCCCCCCCC)cc1N/C=C1/CCc3cc(OCCCCCCCC)c(OCCCCCCCC)cc3C1=O)CC2. The average molecular weight is 1190 g/mol. The zero-order valence-corrected chi connectivity index (χ0v) is 55.4. The Bertz CT molecular complexity index is 2240. The molecule has 0 saturated carbocycles. The fourth-order valence-corrected chi connectivity index (χ4v) is 11.6. The average Bonchev–Trinajstić information content (AvgIpc) is 1.69. The first-order chi connectivity index (χ1) is 42.3. The zero-order chi connectivity index (χ0) is 61.1. The molecule has 10 nitrogen and oxygen atoms in total. The van der Waals surface area contributed by atoms with E-state index in [0.29, 0.717) is 111 Å². The number of Topliss-reactive ketones (excluding diaryl/α,β-unsaturated/α-hetero) is 2. The molecule has 86 heavy (non-hydrogen) atoms. The molecular weight excluding hydrogens is 1070 g/mol. The number of fused-ring (bicyclic) bond motifs is 2. The summed E-state index contributed by atoms with van der Waals surface area (Å²) in [6.45, 7) is 17.1. The molecule has 10 heteroatoms. The van der Waals surface area contributed by atoms with E-state index in [0.717, 1.165) is 111 Å². The van der Waals surface area contributed by atoms with Gasteiger partial charge in [0.15, 0.2) is 46.1 Å². The first-order valence-electron chi connectivity index (χ1n) is 35.6. The van der Waals surface area contributed by atoms with Crippen LogP contribution in [0.25, 0.3) is 0 Å². The number of rotatable bonds is 52. The fourth-order valence-electron chi connectivity index (χ4n) is 11.6. The predicted molar refractivity (Wildman–Crippen MR) is 361 cm³/mol. The number of nitrogens with one attached hydrogen (secondary N) is 2. The van der Waals surface area contributed by atoms with Crippen molar-refractivity contribution in [3.05, 3.63) is 82.2 Å². The number of anilines is 2. The molecule has 0 atom stereocenters. The maximum atomic E-state index is 14.7. The van der Waals surface area contributed by atoms with Crippen LogP contribution in [-0.4, -0.2) is 51.2 Å². The van der Waals surface area contributed by atoms with Crippen molar-refractivity contribution >= 4 is 22.9 Å². The van der Waals surface area contributed by atoms with Crippen molar-refractivity contribution < 1.29 is 38.0 Å². The fraction of sp³-hybridized carbons (Fsp3) is 0.684. The van der Waals surface area contributed by atoms with Gasteiger partial charge < -0.3 is 39.1 Å². The molecule has 0 unspecified atom stereocenters. The van der Waals surface area contributed by atoms with Gasteiger partial charge in [0.1, 0.15) is 0 Å². The summed E-state index contributed by atoms with van der Waals surface area (Å²) in [6.07, 6.45) is 48.6. The lowest BCUT2D eigenvalue weighted by molar-refractivity contribution is 0.101. The number of unbranched alkanes of at least 4 members (excludes halogenated alkanes) is 30. The molecule has 0 aromatic heterocycles. The lowest BCUT2D eigenvalue weighted by Gasteiger charge is -2.23. The Labute approximate surface area is 523 Å². The lowest BCUT2D eigenvalue weighted by atomic mass is 9.87. The van der Waals surface area contributed by atoms with E-state index < -0.39 is 0 Å². The van der Waals surface area contributed by atoms with Gasteiger partial charge in [-0.05, 0) is 99.6 Å². The van der Waals surface area contributed by atoms with Crippen LogP contribution in [0.15, 0.2) is 59.9 Å². The molecule has 0 saturated heterocycles. The topological polar surface area (TPSA) is 114 Å². The van der Waals surface area contributed by atoms with Gasteiger partial charge in [0.2, 0.25) is 0 Å². The van der Waals surface area contributed by atoms with E-state index in [1.54, 1.807) is 0 Å². The van der Waals surface area contributed by atoms with Crippen molar-refractivity contribution in [1.29, 1.82) is 0 Å². The van der Waals surface area contributed by atoms with Crippen LogP contribution in [0, 0.1) is 0 Å². The Balaban J connectivity index is 1.44. The van der Waals surface area contributed by atoms with Crippen LogP contribution in [-0.2, 0) is 12.8 Å². The molecule has 3 aromatic carbocycles. The van der Waals surface area contributed by atoms with Gasteiger partial charge in [-0.3, -0.25) is 9.59 Å². The number of carbonyl (C=O) groups excluding carboxylic acids is 2. The van der Waals surface area contributed by atoms with Crippen LogP contribution in [0.4, 0.5) is 11.4 Å². The summed E-state index contributed by atoms with van der Waals surface area (Å²) < 4.78 is 39.2. The summed E-state index contributed by atoms with van der Waals surface area (Å²) >= 11 is 0. The second-order valence-electron chi connectivity index (χ2n) is 24.7. The number of carbonyl (C=O) groups is 2. The Morgan fingerprint density at radius 1 is 0.291 bits per heavy atom. The summed E-state index contributed by atoms with van der Waals surface area (Å²) in [7, 11) is 0. The Kier molecular flexibility index (Phi) is 37.6. The second-order valence-corrected chi connectivity index (χ2v) is 24.7. The van der Waals surface area contributed by atoms with Crippen LogP contribution in [0.5, 0.6) is 34.5 Å². The number of ketones is 2. The monoisotopic (exact) mass is 1190 g/mol. The quantitative estimate of drug-likeness (QED) is 0.0418. The maximum absolute atomic E-state index is 14.7. The van der Waals surface area contributed by atoms with E-state index in [4.69, 9.17) is 28.4 Å². The minimum atomic E-state index is -0.0153. The van der Waals surface area contributed by atoms with Gasteiger partial charge >= 0.3 is 0 Å². The molecular formula is C76H120N2O8. The number of hydrogen-bond donors (Lipinski definition) is 2. The van der Waals surface area contributed by atoms with Gasteiger partial charge in [0, 0.05) is 46.8 Å². The van der Waals surface area contributed by atoms with Crippen molar-refractivity contribution in [2.45, 2.75) is 298 Å². The molecule has 0 aliphatic heterocycles. The zero-order valence-electron chi connectivity index (χ0n) is 55.4. The summed E-state index contributed by atoms with van der Waals surface area (Å²) in [5, 5.41) is 7.18. The van der Waals surface area contributed by atoms with Crippen LogP contribution in [0.3, 0.4) is 0 Å². The molecule has 0 amide bonds. The second kappa shape index (κ2) is 45.2. The number of ether oxygens (including phenoxy) is 6. The smallest absolute Gasteiger partial charge is 0.190 e. The van der Waals surface area contributed by atoms with Gasteiger partial charge in [-0.2, -0.15) is 0 Å². The molecule has 5 rings (SSSR count). The molecule has 2 aliphatic rings. The highest BCUT2D eigenvalue weighted by atomic mass is 16.5. The Hall–Kier alpha value is -5.12. The molecule has 3 aromatic rings. The van der Waals surface area contributed by atoms with Crippen molar-refractivity contribution in [3.8, 4) is 34.5 Å². The lowest BCUT2D eigenvalue weighted by Crippen LogP contribution is -2.17. The maximum Gasteiger partial charge on any atom is 0.190 e. The first-order valence-corrected chi connectivity index (χ1v) is 35.6. The summed E-state index contributed by atoms with van der Waals surface area (Å²) in [6, 6.07) is 12.0. The standard InChI is InChI=1S/C76H120N2O8/c1-7-13-19-25-31-37-47-81-69-53-61-43-45-63(75(79)65(61)55-71(69)83-49-39-33-27-21-15-9-3)59-77-67-57-73(85-51-41-35-29-23-17-11-5)74(86-52-42-36-30-24-18-12-6)58-68(67)78-60-64-46-44-62-54-70(82-48-38-32-26-20-14-8-2)72(56-66(62)76(64)80)84-50-40-34-28-22-16-10-4/h53-60,77-78H,7-52H2,1-6H3/b63-59-,64-60-. The molecule has 482 valence electrons. The van der Waals surface area contributed by atoms with E-state index >= 15 is 0 Å². The van der Waals surface area contributed by atoms with Crippen LogP contribution >= 0.6 is 0 Å². The summed E-state index contributed by atoms with van der Waals surface area (Å²) in [5.41, 5.74) is 6.15. The minimum Gasteiger partial charge on any atom is -0.490 e. The van der Waals surface area contributed by atoms with Crippen LogP contribution < -0.4 is 39.1 Å². The first kappa shape index (κ1) is 71.6. The largest absolute Gasteiger partial charge is 0.490 e. The van der Waals surface area contributed by atoms with Gasteiger partial charge in [-0.25, -0.2) is 0 Å². The Morgan fingerprint density at radius 3 is 0.767 bits per heavy atom. The molecule has 0 spiro atoms. The van der Waals surface area contributed by atoms with Crippen LogP contribution in [0.1, 0.15) is 317 Å². The summed E-state index contributed by atoms with van der Waals surface area (Å²) in [4.78, 5) is 29.4. The molecule has 2 aliphatic carbocycles. The van der Waals surface area contributed by atoms with Gasteiger partial charge in [-0.1, -0.05) is 234 Å². The highest BCUT2D eigenvalue weighted by Gasteiger charge is 2.27. The van der Waals surface area contributed by atoms with Gasteiger partial charge in [0.25, 0.3) is 0 Å². The van der Waals surface area contributed by atoms with E-state index in [1.807, 2.05) is 36.7 Å². The van der Waals surface area contributed by atoms with Crippen molar-refractivity contribution in [2.75, 3.05) is 50.3 Å². The molecule has 2 N–H and O–H groups in total. The highest BCUT2D eigenvalue weighted by molar-refractivity contribution is 6.12. The number of aryl methyl sites for hydroxylation is 2. The van der Waals surface area contributed by atoms with E-state index in [1.165, 1.54) is 154 Å². The Morgan fingerprint density at radius 2 is 0.512 bits per heavy atom. The number of benzene rings is 3. The van der Waals surface area contributed by atoms with Crippen molar-refractivity contribution in [1.82, 2.24) is 0 Å². The molecule has 0 fully saturated rings. The third-order valence-corrected chi connectivity index (χ3v) is 17.2. The molecule has 0 radical (unpaired) electrons. The molecule has 0 bridgehead atoms. The van der Waals surface area contributed by atoms with Gasteiger partial charge in [-0.15, -0.1) is 0 Å². The third-order valence-electron chi connectivity index (χ3n) is 17.2. The van der Waals surface area contributed by atoms with E-state index in [2.05, 4.69) is 64.3 Å². The van der Waals surface area contributed by atoms with Crippen molar-refractivity contribution in [3.63, 3.8) is 0 Å². The summed E-state index contributed by atoms with van der Waals surface area (Å²) in [5.74, 6) is 4.09. The number of hydrogen-bond acceptors (Lipinski definition) is 10. The minimum absolute atomic E-state index is 0.0153. The third kappa shape index (κ3) is 27.1. The van der Waals surface area contributed by atoms with Gasteiger partial charge in [0.05, 0.1) is 51.0 Å².